The Labute approximate surface area is 360 Å². The van der Waals surface area contributed by atoms with Crippen molar-refractivity contribution >= 4 is 52.2 Å². The van der Waals surface area contributed by atoms with Crippen molar-refractivity contribution in [1.29, 1.82) is 0 Å². The summed E-state index contributed by atoms with van der Waals surface area (Å²) in [5.74, 6) is 1.75. The molecule has 0 fully saturated rings. The zero-order valence-electron chi connectivity index (χ0n) is 30.5. The summed E-state index contributed by atoms with van der Waals surface area (Å²) in [4.78, 5) is 34.2. The van der Waals surface area contributed by atoms with Crippen LogP contribution in [0.2, 0.25) is 20.1 Å². The number of hydrogen-bond donors (Lipinski definition) is 3. The van der Waals surface area contributed by atoms with Gasteiger partial charge in [0, 0.05) is 72.3 Å². The van der Waals surface area contributed by atoms with Gasteiger partial charge in [0.2, 0.25) is 0 Å². The van der Waals surface area contributed by atoms with E-state index >= 15 is 0 Å². The first-order valence-corrected chi connectivity index (χ1v) is 20.6. The van der Waals surface area contributed by atoms with Gasteiger partial charge in [-0.1, -0.05) is 110 Å². The highest BCUT2D eigenvalue weighted by Crippen LogP contribution is 2.39. The lowest BCUT2D eigenvalue weighted by Gasteiger charge is -2.40. The highest BCUT2D eigenvalue weighted by atomic mass is 35.5. The van der Waals surface area contributed by atoms with E-state index < -0.39 is 6.10 Å². The van der Waals surface area contributed by atoms with Crippen molar-refractivity contribution in [3.63, 3.8) is 0 Å². The van der Waals surface area contributed by atoms with Crippen molar-refractivity contribution in [3.8, 4) is 22.8 Å². The maximum absolute atomic E-state index is 13.2. The topological polar surface area (TPSA) is 101 Å². The lowest BCUT2D eigenvalue weighted by atomic mass is 9.84. The number of ketones is 1. The number of carbonyl (C=O) groups is 1. The molecular formula is C46H48Cl4N6O2. The first kappa shape index (κ1) is 42.1. The van der Waals surface area contributed by atoms with Crippen LogP contribution in [0.15, 0.2) is 84.9 Å². The minimum Gasteiger partial charge on any atom is -0.387 e. The number of halogens is 4. The third kappa shape index (κ3) is 8.01. The summed E-state index contributed by atoms with van der Waals surface area (Å²) in [7, 11) is 0. The van der Waals surface area contributed by atoms with Crippen LogP contribution in [0.3, 0.4) is 0 Å². The van der Waals surface area contributed by atoms with Crippen molar-refractivity contribution < 1.29 is 9.90 Å². The van der Waals surface area contributed by atoms with Gasteiger partial charge in [-0.05, 0) is 73.2 Å². The molecule has 2 aromatic heterocycles. The molecule has 0 bridgehead atoms. The second-order valence-electron chi connectivity index (χ2n) is 15.0. The number of aliphatic hydroxyl groups excluding tert-OH is 1. The Kier molecular flexibility index (Phi) is 12.9. The lowest BCUT2D eigenvalue weighted by Crippen LogP contribution is -2.46. The van der Waals surface area contributed by atoms with Crippen LogP contribution in [-0.2, 0) is 38.8 Å². The van der Waals surface area contributed by atoms with E-state index in [2.05, 4.69) is 25.8 Å². The number of nitrogens with zero attached hydrogens (tertiary/aromatic N) is 4. The third-order valence-electron chi connectivity index (χ3n) is 11.7. The first-order valence-electron chi connectivity index (χ1n) is 19.1. The second-order valence-corrected chi connectivity index (χ2v) is 16.6. The molecule has 4 aromatic carbocycles. The molecule has 10 rings (SSSR count). The van der Waals surface area contributed by atoms with Crippen molar-refractivity contribution in [2.24, 2.45) is 0 Å². The molecule has 0 saturated heterocycles. The monoisotopic (exact) mass is 856 g/mol. The zero-order valence-corrected chi connectivity index (χ0v) is 33.6. The van der Waals surface area contributed by atoms with E-state index in [1.165, 1.54) is 0 Å². The summed E-state index contributed by atoms with van der Waals surface area (Å²) >= 11 is 25.4. The molecule has 12 heteroatoms. The van der Waals surface area contributed by atoms with Gasteiger partial charge in [-0.3, -0.25) is 14.6 Å². The number of aryl methyl sites for hydroxylation is 2. The normalized spacial score (nSPS) is 19.9. The standard InChI is InChI=1S/C22H21Cl2N3O.C22H19Cl2N3O.2CH4/c2*23-15-6-2-1-5-14(15)22-25-17-10-11-27(12-18(17)26-22)19-9-8-13-4-3-7-16(24)20(13)21(19)28;;/h1-7,19,21,28H,8-12H2,(H,25,26);1-7,19H,8-12H2,(H,25,26);2*1H4. The number of hydrogen-bond acceptors (Lipinski definition) is 6. The summed E-state index contributed by atoms with van der Waals surface area (Å²) in [6.45, 7) is 3.12. The summed E-state index contributed by atoms with van der Waals surface area (Å²) in [5.41, 5.74) is 9.98. The van der Waals surface area contributed by atoms with E-state index in [-0.39, 0.29) is 32.7 Å². The molecule has 2 aliphatic carbocycles. The molecule has 4 heterocycles. The van der Waals surface area contributed by atoms with E-state index in [1.54, 1.807) is 6.07 Å². The Morgan fingerprint density at radius 2 is 1.12 bits per heavy atom. The van der Waals surface area contributed by atoms with Crippen LogP contribution in [0.1, 0.15) is 83.6 Å². The van der Waals surface area contributed by atoms with Crippen LogP contribution in [0.4, 0.5) is 0 Å². The quantitative estimate of drug-likeness (QED) is 0.163. The van der Waals surface area contributed by atoms with Gasteiger partial charge in [0.1, 0.15) is 11.6 Å². The molecule has 0 amide bonds. The van der Waals surface area contributed by atoms with Gasteiger partial charge in [0.15, 0.2) is 5.78 Å². The van der Waals surface area contributed by atoms with Gasteiger partial charge in [0.05, 0.1) is 50.0 Å². The van der Waals surface area contributed by atoms with E-state index in [0.29, 0.717) is 32.2 Å². The summed E-state index contributed by atoms with van der Waals surface area (Å²) in [6, 6.07) is 27.0. The number of aromatic amines is 2. The van der Waals surface area contributed by atoms with Crippen LogP contribution in [0, 0.1) is 0 Å². The molecule has 3 atom stereocenters. The number of aromatic nitrogens is 4. The smallest absolute Gasteiger partial charge is 0.181 e. The Bertz CT molecular complexity index is 2440. The lowest BCUT2D eigenvalue weighted by molar-refractivity contribution is 0.0277. The first-order chi connectivity index (χ1) is 27.2. The molecule has 8 nitrogen and oxygen atoms in total. The molecule has 58 heavy (non-hydrogen) atoms. The fourth-order valence-electron chi connectivity index (χ4n) is 8.90. The molecular weight excluding hydrogens is 810 g/mol. The predicted molar refractivity (Wildman–Crippen MR) is 236 cm³/mol. The van der Waals surface area contributed by atoms with Crippen molar-refractivity contribution in [2.45, 2.75) is 84.7 Å². The Morgan fingerprint density at radius 3 is 1.74 bits per heavy atom. The molecule has 4 aliphatic rings. The fourth-order valence-corrected chi connectivity index (χ4v) is 9.94. The maximum atomic E-state index is 13.2. The van der Waals surface area contributed by atoms with E-state index in [9.17, 15) is 9.90 Å². The third-order valence-corrected chi connectivity index (χ3v) is 13.0. The number of aliphatic hydroxyl groups is 1. The summed E-state index contributed by atoms with van der Waals surface area (Å²) in [6.07, 6.45) is 4.68. The van der Waals surface area contributed by atoms with E-state index in [4.69, 9.17) is 56.4 Å². The molecule has 0 spiro atoms. The Balaban J connectivity index is 0.000000171. The summed E-state index contributed by atoms with van der Waals surface area (Å²) in [5, 5.41) is 13.7. The average Bonchev–Trinajstić information content (AvgIpc) is 3.83. The van der Waals surface area contributed by atoms with Crippen molar-refractivity contribution in [1.82, 2.24) is 29.7 Å². The number of carbonyl (C=O) groups excluding carboxylic acids is 1. The van der Waals surface area contributed by atoms with Crippen LogP contribution >= 0.6 is 46.4 Å². The van der Waals surface area contributed by atoms with E-state index in [0.717, 1.165) is 120 Å². The molecule has 2 aliphatic heterocycles. The highest BCUT2D eigenvalue weighted by molar-refractivity contribution is 6.35. The molecule has 0 radical (unpaired) electrons. The van der Waals surface area contributed by atoms with Crippen LogP contribution in [0.5, 0.6) is 0 Å². The predicted octanol–water partition coefficient (Wildman–Crippen LogP) is 11.0. The van der Waals surface area contributed by atoms with Crippen LogP contribution in [-0.4, -0.2) is 65.8 Å². The number of rotatable bonds is 4. The molecule has 3 N–H and O–H groups in total. The van der Waals surface area contributed by atoms with Crippen LogP contribution in [0.25, 0.3) is 22.8 Å². The molecule has 0 saturated carbocycles. The van der Waals surface area contributed by atoms with Gasteiger partial charge in [-0.2, -0.15) is 0 Å². The van der Waals surface area contributed by atoms with E-state index in [1.807, 2.05) is 72.8 Å². The molecule has 302 valence electrons. The number of imidazole rings is 2. The van der Waals surface area contributed by atoms with Gasteiger partial charge < -0.3 is 15.1 Å². The second kappa shape index (κ2) is 17.7. The number of Topliss-reactive ketones (excluding diaryl/α,β-unsaturated/α-hetero) is 1. The van der Waals surface area contributed by atoms with Gasteiger partial charge in [0.25, 0.3) is 0 Å². The number of benzene rings is 4. The van der Waals surface area contributed by atoms with Gasteiger partial charge >= 0.3 is 0 Å². The Hall–Kier alpha value is -3.99. The SMILES string of the molecule is C.C.O=C1c2c(Cl)cccc2CCC1N1CCc2nc(-c3ccccc3Cl)[nH]c2C1.OC1c2c(Cl)cccc2CCC1N1CCc2nc(-c3ccccc3Cl)[nH]c2C1. The Morgan fingerprint density at radius 1 is 0.603 bits per heavy atom. The minimum absolute atomic E-state index is 0. The number of fused-ring (bicyclic) bond motifs is 4. The summed E-state index contributed by atoms with van der Waals surface area (Å²) < 4.78 is 0. The molecule has 3 unspecified atom stereocenters. The van der Waals surface area contributed by atoms with Gasteiger partial charge in [-0.15, -0.1) is 0 Å². The zero-order chi connectivity index (χ0) is 38.5. The maximum Gasteiger partial charge on any atom is 0.181 e. The number of nitrogens with one attached hydrogen (secondary N) is 2. The minimum atomic E-state index is -0.565. The number of H-pyrrole nitrogens is 2. The highest BCUT2D eigenvalue weighted by Gasteiger charge is 2.37. The average molecular weight is 859 g/mol. The van der Waals surface area contributed by atoms with Crippen molar-refractivity contribution in [2.75, 3.05) is 13.1 Å². The van der Waals surface area contributed by atoms with Crippen LogP contribution < -0.4 is 0 Å². The molecule has 6 aromatic rings. The van der Waals surface area contributed by atoms with Crippen molar-refractivity contribution in [3.05, 3.63) is 150 Å². The fraction of sp³-hybridized carbons (Fsp3) is 0.326. The van der Waals surface area contributed by atoms with Gasteiger partial charge in [-0.25, -0.2) is 9.97 Å². The largest absolute Gasteiger partial charge is 0.387 e.